The van der Waals surface area contributed by atoms with Crippen LogP contribution in [0.2, 0.25) is 0 Å². The van der Waals surface area contributed by atoms with Crippen molar-refractivity contribution in [2.45, 2.75) is 25.9 Å². The van der Waals surface area contributed by atoms with E-state index < -0.39 is 29.5 Å². The molecule has 0 saturated carbocycles. The van der Waals surface area contributed by atoms with Gasteiger partial charge >= 0.3 is 0 Å². The molecular formula is C26H20N4O6. The molecule has 36 heavy (non-hydrogen) atoms. The van der Waals surface area contributed by atoms with Crippen LogP contribution in [0.15, 0.2) is 48.2 Å². The molecule has 1 N–H and O–H groups in total. The number of carbonyl (C=O) groups excluding carboxylic acids is 5. The van der Waals surface area contributed by atoms with Gasteiger partial charge in [-0.05, 0) is 56.2 Å². The number of nitriles is 1. The van der Waals surface area contributed by atoms with E-state index in [-0.39, 0.29) is 46.2 Å². The van der Waals surface area contributed by atoms with Crippen molar-refractivity contribution in [2.75, 3.05) is 18.5 Å². The number of carbonyl (C=O) groups is 5. The predicted octanol–water partition coefficient (Wildman–Crippen LogP) is 2.74. The molecule has 3 aliphatic heterocycles. The van der Waals surface area contributed by atoms with Crippen molar-refractivity contribution in [3.8, 4) is 6.07 Å². The first-order chi connectivity index (χ1) is 17.3. The quantitative estimate of drug-likeness (QED) is 0.509. The van der Waals surface area contributed by atoms with Gasteiger partial charge in [0, 0.05) is 29.6 Å². The third-order valence-corrected chi connectivity index (χ3v) is 6.41. The summed E-state index contributed by atoms with van der Waals surface area (Å²) >= 11 is 0. The molecule has 2 aromatic carbocycles. The van der Waals surface area contributed by atoms with Crippen LogP contribution in [0, 0.1) is 11.3 Å². The zero-order chi connectivity index (χ0) is 25.6. The fourth-order valence-electron chi connectivity index (χ4n) is 4.59. The molecule has 1 fully saturated rings. The summed E-state index contributed by atoms with van der Waals surface area (Å²) in [4.78, 5) is 65.9. The van der Waals surface area contributed by atoms with Gasteiger partial charge in [-0.25, -0.2) is 4.90 Å². The Morgan fingerprint density at radius 3 is 2.42 bits per heavy atom. The molecule has 180 valence electrons. The molecular weight excluding hydrogens is 464 g/mol. The van der Waals surface area contributed by atoms with Crippen molar-refractivity contribution >= 4 is 35.2 Å². The first kappa shape index (κ1) is 23.1. The number of fused-ring (bicyclic) bond motifs is 2. The smallest absolute Gasteiger partial charge is 0.265 e. The summed E-state index contributed by atoms with van der Waals surface area (Å²) in [5.41, 5.74) is 1.26. The molecule has 0 aromatic heterocycles. The number of hydrogen-bond donors (Lipinski definition) is 1. The van der Waals surface area contributed by atoms with Crippen LogP contribution >= 0.6 is 0 Å². The Morgan fingerprint density at radius 2 is 1.69 bits per heavy atom. The van der Waals surface area contributed by atoms with E-state index in [0.717, 1.165) is 23.8 Å². The highest BCUT2D eigenvalue weighted by Gasteiger charge is 2.39. The fraction of sp³-hybridized carbons (Fsp3) is 0.231. The van der Waals surface area contributed by atoms with E-state index in [0.29, 0.717) is 12.3 Å². The lowest BCUT2D eigenvalue weighted by Gasteiger charge is -2.17. The predicted molar refractivity (Wildman–Crippen MR) is 125 cm³/mol. The zero-order valence-corrected chi connectivity index (χ0v) is 19.2. The minimum absolute atomic E-state index is 0.0536. The normalized spacial score (nSPS) is 19.0. The van der Waals surface area contributed by atoms with Crippen LogP contribution < -0.4 is 5.32 Å². The molecule has 0 radical (unpaired) electrons. The lowest BCUT2D eigenvalue weighted by molar-refractivity contribution is 0.0475. The van der Waals surface area contributed by atoms with Crippen molar-refractivity contribution in [3.63, 3.8) is 0 Å². The van der Waals surface area contributed by atoms with Gasteiger partial charge in [-0.3, -0.25) is 28.9 Å². The van der Waals surface area contributed by atoms with Gasteiger partial charge < -0.3 is 10.1 Å². The first-order valence-corrected chi connectivity index (χ1v) is 11.3. The van der Waals surface area contributed by atoms with Crippen LogP contribution in [0.5, 0.6) is 0 Å². The van der Waals surface area contributed by atoms with Gasteiger partial charge in [-0.2, -0.15) is 5.26 Å². The summed E-state index contributed by atoms with van der Waals surface area (Å²) in [7, 11) is 0. The van der Waals surface area contributed by atoms with Gasteiger partial charge in [0.1, 0.15) is 0 Å². The van der Waals surface area contributed by atoms with Gasteiger partial charge in [0.05, 0.1) is 41.0 Å². The molecule has 1 saturated heterocycles. The topological polar surface area (TPSA) is 137 Å². The molecule has 0 spiro atoms. The maximum absolute atomic E-state index is 12.9. The SMILES string of the molecule is C/C(=C\C#N)N1C(=O)c2ccc(C(=O)Nc3ccc4c(c3)C(=O)N(CC3CCCO3)C4=O)cc2C1=O. The Morgan fingerprint density at radius 1 is 1.03 bits per heavy atom. The number of ether oxygens (including phenoxy) is 1. The van der Waals surface area contributed by atoms with Crippen LogP contribution in [0.25, 0.3) is 0 Å². The Labute approximate surface area is 205 Å². The number of anilines is 1. The summed E-state index contributed by atoms with van der Waals surface area (Å²) in [6, 6.07) is 10.4. The molecule has 10 nitrogen and oxygen atoms in total. The minimum Gasteiger partial charge on any atom is -0.376 e. The molecule has 1 atom stereocenters. The summed E-state index contributed by atoms with van der Waals surface area (Å²) in [5.74, 6) is -2.59. The average Bonchev–Trinajstić information content (AvgIpc) is 3.53. The Balaban J connectivity index is 1.34. The van der Waals surface area contributed by atoms with Crippen LogP contribution in [0.4, 0.5) is 5.69 Å². The lowest BCUT2D eigenvalue weighted by atomic mass is 10.0. The first-order valence-electron chi connectivity index (χ1n) is 11.3. The largest absolute Gasteiger partial charge is 0.376 e. The van der Waals surface area contributed by atoms with E-state index in [2.05, 4.69) is 5.32 Å². The van der Waals surface area contributed by atoms with E-state index >= 15 is 0 Å². The molecule has 10 heteroatoms. The van der Waals surface area contributed by atoms with Gasteiger partial charge in [0.2, 0.25) is 0 Å². The van der Waals surface area contributed by atoms with Crippen molar-refractivity contribution < 1.29 is 28.7 Å². The van der Waals surface area contributed by atoms with Crippen molar-refractivity contribution in [2.24, 2.45) is 0 Å². The van der Waals surface area contributed by atoms with E-state index in [1.54, 1.807) is 6.07 Å². The third kappa shape index (κ3) is 3.76. The highest BCUT2D eigenvalue weighted by Crippen LogP contribution is 2.29. The van der Waals surface area contributed by atoms with Gasteiger partial charge in [0.25, 0.3) is 29.5 Å². The van der Waals surface area contributed by atoms with E-state index in [4.69, 9.17) is 10.00 Å². The molecule has 2 aromatic rings. The minimum atomic E-state index is -0.623. The van der Waals surface area contributed by atoms with Crippen molar-refractivity contribution in [3.05, 3.63) is 76.0 Å². The second-order valence-electron chi connectivity index (χ2n) is 8.69. The second-order valence-corrected chi connectivity index (χ2v) is 8.69. The number of amides is 5. The molecule has 0 aliphatic carbocycles. The maximum atomic E-state index is 12.9. The van der Waals surface area contributed by atoms with Crippen molar-refractivity contribution in [1.29, 1.82) is 5.26 Å². The number of benzene rings is 2. The number of allylic oxidation sites excluding steroid dienone is 2. The Kier molecular flexibility index (Phi) is 5.70. The summed E-state index contributed by atoms with van der Waals surface area (Å²) < 4.78 is 5.54. The van der Waals surface area contributed by atoms with Gasteiger partial charge in [0.15, 0.2) is 0 Å². The van der Waals surface area contributed by atoms with Gasteiger partial charge in [-0.1, -0.05) is 0 Å². The van der Waals surface area contributed by atoms with E-state index in [1.807, 2.05) is 0 Å². The highest BCUT2D eigenvalue weighted by atomic mass is 16.5. The van der Waals surface area contributed by atoms with E-state index in [1.165, 1.54) is 48.2 Å². The van der Waals surface area contributed by atoms with Crippen LogP contribution in [-0.2, 0) is 4.74 Å². The lowest BCUT2D eigenvalue weighted by Crippen LogP contribution is -2.36. The standard InChI is InChI=1S/C26H20N4O6/c1-14(8-9-27)30-25(34)19-6-4-15(11-20(19)26(30)35)22(31)28-16-5-7-18-21(12-16)24(33)29(23(18)32)13-17-3-2-10-36-17/h4-8,11-12,17H,2-3,10,13H2,1H3,(H,28,31)/b14-8+. The summed E-state index contributed by atoms with van der Waals surface area (Å²) in [6.07, 6.45) is 2.60. The second kappa shape index (κ2) is 8.87. The maximum Gasteiger partial charge on any atom is 0.265 e. The van der Waals surface area contributed by atoms with Gasteiger partial charge in [-0.15, -0.1) is 0 Å². The Hall–Kier alpha value is -4.62. The van der Waals surface area contributed by atoms with Crippen LogP contribution in [0.1, 0.15) is 71.6 Å². The number of nitrogens with zero attached hydrogens (tertiary/aromatic N) is 3. The number of nitrogens with one attached hydrogen (secondary N) is 1. The zero-order valence-electron chi connectivity index (χ0n) is 19.2. The monoisotopic (exact) mass is 484 g/mol. The fourth-order valence-corrected chi connectivity index (χ4v) is 4.59. The average molecular weight is 484 g/mol. The molecule has 3 heterocycles. The molecule has 3 aliphatic rings. The number of imide groups is 2. The number of rotatable bonds is 5. The highest BCUT2D eigenvalue weighted by molar-refractivity contribution is 6.24. The van der Waals surface area contributed by atoms with Crippen LogP contribution in [0.3, 0.4) is 0 Å². The molecule has 0 bridgehead atoms. The molecule has 5 amide bonds. The summed E-state index contributed by atoms with van der Waals surface area (Å²) in [6.45, 7) is 2.27. The third-order valence-electron chi connectivity index (χ3n) is 6.41. The molecule has 1 unspecified atom stereocenters. The molecule has 5 rings (SSSR count). The van der Waals surface area contributed by atoms with E-state index in [9.17, 15) is 24.0 Å². The Bertz CT molecular complexity index is 1430. The van der Waals surface area contributed by atoms with Crippen molar-refractivity contribution in [1.82, 2.24) is 9.80 Å². The number of hydrogen-bond acceptors (Lipinski definition) is 7. The summed E-state index contributed by atoms with van der Waals surface area (Å²) in [5, 5.41) is 11.5. The van der Waals surface area contributed by atoms with Crippen LogP contribution in [-0.4, -0.2) is 58.6 Å².